The van der Waals surface area contributed by atoms with E-state index < -0.39 is 16.6 Å². The molecule has 0 unspecified atom stereocenters. The second-order valence-corrected chi connectivity index (χ2v) is 10.5. The number of thiazole rings is 1. The molecule has 1 saturated heterocycles. The molecule has 0 spiro atoms. The van der Waals surface area contributed by atoms with Crippen LogP contribution >= 0.6 is 11.3 Å². The van der Waals surface area contributed by atoms with Crippen LogP contribution in [0.25, 0.3) is 10.6 Å². The van der Waals surface area contributed by atoms with Gasteiger partial charge in [-0.25, -0.2) is 4.98 Å². The maximum absolute atomic E-state index is 11.8. The molecule has 3 heterocycles. The Kier molecular flexibility index (Phi) is 5.22. The number of aromatic hydroxyl groups is 1. The molecular formula is C25H27N3O4S. The third kappa shape index (κ3) is 3.75. The van der Waals surface area contributed by atoms with Crippen molar-refractivity contribution in [1.82, 2.24) is 9.88 Å². The fourth-order valence-corrected chi connectivity index (χ4v) is 6.38. The minimum atomic E-state index is -0.785. The highest BCUT2D eigenvalue weighted by molar-refractivity contribution is 7.15. The number of fused-ring (bicyclic) bond motifs is 1. The van der Waals surface area contributed by atoms with Crippen molar-refractivity contribution in [2.75, 3.05) is 24.5 Å². The van der Waals surface area contributed by atoms with Crippen LogP contribution in [0.1, 0.15) is 42.7 Å². The molecule has 2 aromatic carbocycles. The Labute approximate surface area is 195 Å². The van der Waals surface area contributed by atoms with E-state index in [9.17, 15) is 14.7 Å². The van der Waals surface area contributed by atoms with E-state index in [-0.39, 0.29) is 5.69 Å². The van der Waals surface area contributed by atoms with E-state index in [1.807, 2.05) is 12.1 Å². The van der Waals surface area contributed by atoms with Crippen LogP contribution in [0, 0.1) is 0 Å². The number of ether oxygens (including phenoxy) is 1. The first-order chi connectivity index (χ1) is 16.1. The maximum atomic E-state index is 11.8. The largest absolute Gasteiger partial charge is 0.502 e. The molecule has 1 aromatic heterocycles. The van der Waals surface area contributed by atoms with Crippen LogP contribution in [0.4, 0.5) is 5.69 Å². The summed E-state index contributed by atoms with van der Waals surface area (Å²) in [5, 5.41) is 10.7. The second kappa shape index (κ2) is 8.25. The van der Waals surface area contributed by atoms with Crippen molar-refractivity contribution in [2.45, 2.75) is 57.2 Å². The van der Waals surface area contributed by atoms with Gasteiger partial charge in [-0.3, -0.25) is 9.59 Å². The van der Waals surface area contributed by atoms with Crippen molar-refractivity contribution in [3.05, 3.63) is 55.3 Å². The highest BCUT2D eigenvalue weighted by Crippen LogP contribution is 2.36. The Morgan fingerprint density at radius 1 is 1.00 bits per heavy atom. The molecule has 8 heteroatoms. The zero-order valence-electron chi connectivity index (χ0n) is 18.5. The zero-order chi connectivity index (χ0) is 22.5. The zero-order valence-corrected chi connectivity index (χ0v) is 19.3. The van der Waals surface area contributed by atoms with E-state index >= 15 is 0 Å². The summed E-state index contributed by atoms with van der Waals surface area (Å²) in [6.45, 7) is 3.55. The molecule has 2 aliphatic heterocycles. The highest BCUT2D eigenvalue weighted by Gasteiger charge is 2.35. The third-order valence-electron chi connectivity index (χ3n) is 7.29. The van der Waals surface area contributed by atoms with Gasteiger partial charge in [0.05, 0.1) is 12.2 Å². The van der Waals surface area contributed by atoms with Gasteiger partial charge in [-0.1, -0.05) is 6.42 Å². The molecule has 7 nitrogen and oxygen atoms in total. The van der Waals surface area contributed by atoms with Crippen LogP contribution in [0.5, 0.6) is 11.5 Å². The van der Waals surface area contributed by atoms with E-state index in [0.29, 0.717) is 31.7 Å². The normalized spacial score (nSPS) is 23.3. The molecule has 0 atom stereocenters. The van der Waals surface area contributed by atoms with Gasteiger partial charge in [0.25, 0.3) is 10.9 Å². The van der Waals surface area contributed by atoms with Crippen LogP contribution in [-0.2, 0) is 13.0 Å². The lowest BCUT2D eigenvalue weighted by Gasteiger charge is -2.44. The SMILES string of the molecule is O=c1c(O)c(N2CCc3nc(-c4ccc(OC5CC(N6CCCCC6)C5)cc4)sc3C2)c1=O. The lowest BCUT2D eigenvalue weighted by Crippen LogP contribution is -2.50. The summed E-state index contributed by atoms with van der Waals surface area (Å²) >= 11 is 1.60. The molecule has 0 amide bonds. The minimum Gasteiger partial charge on any atom is -0.502 e. The molecule has 172 valence electrons. The average Bonchev–Trinajstić information content (AvgIpc) is 3.25. The summed E-state index contributed by atoms with van der Waals surface area (Å²) in [5.41, 5.74) is 0.852. The van der Waals surface area contributed by atoms with Gasteiger partial charge in [-0.15, -0.1) is 11.3 Å². The van der Waals surface area contributed by atoms with Crippen molar-refractivity contribution in [3.8, 4) is 22.1 Å². The lowest BCUT2D eigenvalue weighted by molar-refractivity contribution is 0.00893. The van der Waals surface area contributed by atoms with Crippen molar-refractivity contribution < 1.29 is 9.84 Å². The number of benzene rings is 1. The van der Waals surface area contributed by atoms with E-state index in [4.69, 9.17) is 9.72 Å². The molecule has 1 N–H and O–H groups in total. The molecule has 1 aliphatic carbocycles. The van der Waals surface area contributed by atoms with Crippen LogP contribution in [-0.4, -0.2) is 46.8 Å². The summed E-state index contributed by atoms with van der Waals surface area (Å²) in [4.78, 5) is 33.5. The summed E-state index contributed by atoms with van der Waals surface area (Å²) in [7, 11) is 0. The summed E-state index contributed by atoms with van der Waals surface area (Å²) in [5.74, 6) is 0.501. The Balaban J connectivity index is 1.08. The van der Waals surface area contributed by atoms with Crippen LogP contribution in [0.3, 0.4) is 0 Å². The first kappa shape index (κ1) is 20.9. The monoisotopic (exact) mass is 465 g/mol. The molecule has 0 radical (unpaired) electrons. The van der Waals surface area contributed by atoms with Crippen LogP contribution in [0.2, 0.25) is 0 Å². The number of hydrogen-bond donors (Lipinski definition) is 1. The van der Waals surface area contributed by atoms with E-state index in [2.05, 4.69) is 17.0 Å². The topological polar surface area (TPSA) is 83.0 Å². The van der Waals surface area contributed by atoms with Gasteiger partial charge in [0.15, 0.2) is 5.75 Å². The molecule has 6 rings (SSSR count). The summed E-state index contributed by atoms with van der Waals surface area (Å²) in [6, 6.07) is 8.86. The molecule has 1 saturated carbocycles. The number of piperidine rings is 1. The fourth-order valence-electron chi connectivity index (χ4n) is 5.26. The van der Waals surface area contributed by atoms with Crippen molar-refractivity contribution in [2.24, 2.45) is 0 Å². The first-order valence-corrected chi connectivity index (χ1v) is 12.7. The smallest absolute Gasteiger partial charge is 0.271 e. The van der Waals surface area contributed by atoms with Gasteiger partial charge in [0, 0.05) is 42.3 Å². The Morgan fingerprint density at radius 3 is 2.48 bits per heavy atom. The molecule has 2 fully saturated rings. The standard InChI is InChI=1S/C25H27N3O4S/c29-22-21(23(30)24(22)31)28-11-8-19-20(14-28)33-25(26-19)15-4-6-17(7-5-15)32-18-12-16(13-18)27-9-2-1-3-10-27/h4-7,16,18,29H,1-3,8-14H2. The van der Waals surface area contributed by atoms with E-state index in [0.717, 1.165) is 39.7 Å². The predicted molar refractivity (Wildman–Crippen MR) is 128 cm³/mol. The average molecular weight is 466 g/mol. The highest BCUT2D eigenvalue weighted by atomic mass is 32.1. The van der Waals surface area contributed by atoms with Crippen molar-refractivity contribution in [3.63, 3.8) is 0 Å². The second-order valence-electron chi connectivity index (χ2n) is 9.40. The first-order valence-electron chi connectivity index (χ1n) is 11.8. The number of hydrogen-bond acceptors (Lipinski definition) is 8. The number of aromatic nitrogens is 1. The Bertz CT molecular complexity index is 1230. The molecular weight excluding hydrogens is 438 g/mol. The predicted octanol–water partition coefficient (Wildman–Crippen LogP) is 3.07. The van der Waals surface area contributed by atoms with Gasteiger partial charge < -0.3 is 19.6 Å². The molecule has 0 bridgehead atoms. The number of likely N-dealkylation sites (tertiary alicyclic amines) is 1. The molecule has 3 aromatic rings. The van der Waals surface area contributed by atoms with Gasteiger partial charge in [0.2, 0.25) is 0 Å². The van der Waals surface area contributed by atoms with Gasteiger partial charge in [-0.05, 0) is 50.2 Å². The van der Waals surface area contributed by atoms with E-state index in [1.165, 1.54) is 32.4 Å². The Hall–Kier alpha value is -2.71. The quantitative estimate of drug-likeness (QED) is 0.580. The number of rotatable bonds is 5. The Morgan fingerprint density at radius 2 is 1.76 bits per heavy atom. The van der Waals surface area contributed by atoms with Crippen molar-refractivity contribution >= 4 is 17.0 Å². The van der Waals surface area contributed by atoms with Gasteiger partial charge in [0.1, 0.15) is 22.5 Å². The minimum absolute atomic E-state index is 0.153. The summed E-state index contributed by atoms with van der Waals surface area (Å²) in [6.07, 6.45) is 7.28. The van der Waals surface area contributed by atoms with E-state index in [1.54, 1.807) is 16.2 Å². The number of nitrogens with zero attached hydrogens (tertiary/aromatic N) is 3. The third-order valence-corrected chi connectivity index (χ3v) is 8.42. The van der Waals surface area contributed by atoms with Crippen LogP contribution < -0.4 is 20.5 Å². The summed E-state index contributed by atoms with van der Waals surface area (Å²) < 4.78 is 6.19. The van der Waals surface area contributed by atoms with Gasteiger partial charge >= 0.3 is 0 Å². The lowest BCUT2D eigenvalue weighted by atomic mass is 9.86. The van der Waals surface area contributed by atoms with Crippen LogP contribution in [0.15, 0.2) is 33.9 Å². The van der Waals surface area contributed by atoms with Crippen molar-refractivity contribution in [1.29, 1.82) is 0 Å². The fraction of sp³-hybridized carbons (Fsp3) is 0.480. The molecule has 3 aliphatic rings. The van der Waals surface area contributed by atoms with Gasteiger partial charge in [-0.2, -0.15) is 0 Å². The number of anilines is 1. The maximum Gasteiger partial charge on any atom is 0.271 e. The molecule has 33 heavy (non-hydrogen) atoms.